The molecule has 266 valence electrons. The van der Waals surface area contributed by atoms with E-state index in [2.05, 4.69) is 103 Å². The molecule has 0 spiro atoms. The van der Waals surface area contributed by atoms with Crippen LogP contribution in [0.15, 0.2) is 168 Å². The third kappa shape index (κ3) is 5.19. The molecular formula is C49H27N5OS2. The fourth-order valence-corrected chi connectivity index (χ4v) is 10.1. The summed E-state index contributed by atoms with van der Waals surface area (Å²) in [6, 6.07) is 56.2. The molecule has 12 aromatic rings. The van der Waals surface area contributed by atoms with E-state index in [1.165, 1.54) is 24.9 Å². The number of aromatic nitrogens is 5. The van der Waals surface area contributed by atoms with Gasteiger partial charge in [0.25, 0.3) is 0 Å². The molecule has 0 unspecified atom stereocenters. The number of fused-ring (bicyclic) bond motifs is 9. The van der Waals surface area contributed by atoms with Gasteiger partial charge >= 0.3 is 0 Å². The normalized spacial score (nSPS) is 11.9. The molecule has 5 aromatic heterocycles. The zero-order valence-electron chi connectivity index (χ0n) is 30.0. The minimum absolute atomic E-state index is 0.577. The van der Waals surface area contributed by atoms with Crippen LogP contribution in [0, 0.1) is 0 Å². The maximum absolute atomic E-state index is 6.85. The number of furan rings is 1. The lowest BCUT2D eigenvalue weighted by Crippen LogP contribution is -2.00. The summed E-state index contributed by atoms with van der Waals surface area (Å²) in [5, 5.41) is 5.44. The first-order chi connectivity index (χ1) is 28.2. The lowest BCUT2D eigenvalue weighted by atomic mass is 10.0. The van der Waals surface area contributed by atoms with E-state index in [1.807, 2.05) is 60.7 Å². The number of hydrogen-bond donors (Lipinski definition) is 0. The van der Waals surface area contributed by atoms with E-state index in [0.717, 1.165) is 71.1 Å². The molecular weight excluding hydrogens is 739 g/mol. The van der Waals surface area contributed by atoms with Crippen molar-refractivity contribution in [3.63, 3.8) is 0 Å². The quantitative estimate of drug-likeness (QED) is 0.174. The number of thiophene rings is 2. The van der Waals surface area contributed by atoms with E-state index in [1.54, 1.807) is 22.7 Å². The predicted octanol–water partition coefficient (Wildman–Crippen LogP) is 13.6. The van der Waals surface area contributed by atoms with Crippen molar-refractivity contribution < 1.29 is 4.42 Å². The van der Waals surface area contributed by atoms with Crippen LogP contribution in [0.5, 0.6) is 0 Å². The second-order valence-corrected chi connectivity index (χ2v) is 16.1. The zero-order valence-corrected chi connectivity index (χ0v) is 31.7. The van der Waals surface area contributed by atoms with Crippen LogP contribution in [0.4, 0.5) is 0 Å². The highest BCUT2D eigenvalue weighted by molar-refractivity contribution is 7.26. The van der Waals surface area contributed by atoms with Crippen LogP contribution in [0.25, 0.3) is 119 Å². The number of nitrogens with zero attached hydrogens (tertiary/aromatic N) is 5. The summed E-state index contributed by atoms with van der Waals surface area (Å²) in [6.45, 7) is 0. The van der Waals surface area contributed by atoms with Crippen LogP contribution in [0.1, 0.15) is 0 Å². The highest BCUT2D eigenvalue weighted by Crippen LogP contribution is 2.45. The standard InChI is InChI=1S/C49H27N5OS2/c1-3-13-28(14-4-1)46-50-42-32-18-8-10-24-39(32)57-45(42)43(51-46)35-21-11-19-33-41-34(20-12-22-37(41)55-44(33)35)49-53-47(29-15-5-2-6-16-29)52-48(54-49)30-25-26-40-36(27-30)31-17-7-9-23-38(31)56-40/h1-27H. The third-order valence-electron chi connectivity index (χ3n) is 10.6. The second-order valence-electron chi connectivity index (χ2n) is 14.0. The topological polar surface area (TPSA) is 77.6 Å². The number of benzene rings is 7. The summed E-state index contributed by atoms with van der Waals surface area (Å²) < 4.78 is 11.5. The smallest absolute Gasteiger partial charge is 0.164 e. The minimum Gasteiger partial charge on any atom is -0.455 e. The van der Waals surface area contributed by atoms with E-state index >= 15 is 0 Å². The van der Waals surface area contributed by atoms with Gasteiger partial charge in [-0.2, -0.15) is 0 Å². The van der Waals surface area contributed by atoms with Crippen molar-refractivity contribution in [1.29, 1.82) is 0 Å². The van der Waals surface area contributed by atoms with Crippen LogP contribution in [0.2, 0.25) is 0 Å². The van der Waals surface area contributed by atoms with Crippen LogP contribution in [0.3, 0.4) is 0 Å². The Morgan fingerprint density at radius 3 is 1.77 bits per heavy atom. The zero-order chi connectivity index (χ0) is 37.5. The van der Waals surface area contributed by atoms with Gasteiger partial charge in [-0.25, -0.2) is 24.9 Å². The Bertz CT molecular complexity index is 3540. The number of rotatable bonds is 5. The van der Waals surface area contributed by atoms with Gasteiger partial charge in [-0.3, -0.25) is 0 Å². The molecule has 57 heavy (non-hydrogen) atoms. The molecule has 0 saturated carbocycles. The highest BCUT2D eigenvalue weighted by Gasteiger charge is 2.23. The Morgan fingerprint density at radius 1 is 0.386 bits per heavy atom. The molecule has 0 saturated heterocycles. The maximum atomic E-state index is 6.85. The maximum Gasteiger partial charge on any atom is 0.164 e. The minimum atomic E-state index is 0.577. The molecule has 0 aliphatic rings. The van der Waals surface area contributed by atoms with E-state index in [4.69, 9.17) is 29.3 Å². The monoisotopic (exact) mass is 765 g/mol. The van der Waals surface area contributed by atoms with Gasteiger partial charge in [-0.1, -0.05) is 121 Å². The SMILES string of the molecule is c1ccc(-c2nc(-c3ccc4sc5ccccc5c4c3)nc(-c3cccc4oc5c(-c6nc(-c7ccccc7)nc7c6sc6ccccc67)cccc5c34)n2)cc1. The number of hydrogen-bond acceptors (Lipinski definition) is 8. The summed E-state index contributed by atoms with van der Waals surface area (Å²) in [6.07, 6.45) is 0. The van der Waals surface area contributed by atoms with Crippen molar-refractivity contribution in [3.05, 3.63) is 164 Å². The van der Waals surface area contributed by atoms with Gasteiger partial charge in [-0.15, -0.1) is 22.7 Å². The first kappa shape index (κ1) is 32.1. The second kappa shape index (κ2) is 12.7. The molecule has 0 aliphatic heterocycles. The van der Waals surface area contributed by atoms with Gasteiger partial charge in [0.1, 0.15) is 11.2 Å². The molecule has 5 heterocycles. The summed E-state index contributed by atoms with van der Waals surface area (Å²) in [7, 11) is 0. The largest absolute Gasteiger partial charge is 0.455 e. The molecule has 0 fully saturated rings. The first-order valence-electron chi connectivity index (χ1n) is 18.7. The summed E-state index contributed by atoms with van der Waals surface area (Å²) in [5.74, 6) is 2.48. The molecule has 0 N–H and O–H groups in total. The van der Waals surface area contributed by atoms with Crippen molar-refractivity contribution >= 4 is 85.1 Å². The number of para-hydroxylation sites is 1. The molecule has 0 aliphatic carbocycles. The van der Waals surface area contributed by atoms with Gasteiger partial charge in [0.15, 0.2) is 23.3 Å². The molecule has 0 radical (unpaired) electrons. The summed E-state index contributed by atoms with van der Waals surface area (Å²) in [4.78, 5) is 25.9. The predicted molar refractivity (Wildman–Crippen MR) is 236 cm³/mol. The molecule has 0 atom stereocenters. The van der Waals surface area contributed by atoms with E-state index in [-0.39, 0.29) is 0 Å². The Balaban J connectivity index is 1.09. The van der Waals surface area contributed by atoms with Crippen molar-refractivity contribution in [2.75, 3.05) is 0 Å². The lowest BCUT2D eigenvalue weighted by molar-refractivity contribution is 0.670. The molecule has 6 nitrogen and oxygen atoms in total. The van der Waals surface area contributed by atoms with Gasteiger partial charge in [-0.05, 0) is 42.5 Å². The fraction of sp³-hybridized carbons (Fsp3) is 0. The molecule has 0 amide bonds. The van der Waals surface area contributed by atoms with Crippen LogP contribution in [-0.4, -0.2) is 24.9 Å². The molecule has 0 bridgehead atoms. The van der Waals surface area contributed by atoms with Crippen LogP contribution >= 0.6 is 22.7 Å². The van der Waals surface area contributed by atoms with E-state index in [9.17, 15) is 0 Å². The average molecular weight is 766 g/mol. The Kier molecular flexibility index (Phi) is 7.17. The first-order valence-corrected chi connectivity index (χ1v) is 20.3. The van der Waals surface area contributed by atoms with E-state index < -0.39 is 0 Å². The van der Waals surface area contributed by atoms with Crippen LogP contribution < -0.4 is 0 Å². The van der Waals surface area contributed by atoms with Gasteiger partial charge < -0.3 is 4.42 Å². The Hall–Kier alpha value is -7.13. The summed E-state index contributed by atoms with van der Waals surface area (Å²) in [5.41, 5.74) is 7.86. The fourth-order valence-electron chi connectivity index (χ4n) is 7.92. The summed E-state index contributed by atoms with van der Waals surface area (Å²) >= 11 is 3.51. The van der Waals surface area contributed by atoms with Crippen molar-refractivity contribution in [1.82, 2.24) is 24.9 Å². The molecule has 8 heteroatoms. The molecule has 12 rings (SSSR count). The van der Waals surface area contributed by atoms with Crippen molar-refractivity contribution in [2.24, 2.45) is 0 Å². The average Bonchev–Trinajstić information content (AvgIpc) is 3.98. The molecule has 7 aromatic carbocycles. The van der Waals surface area contributed by atoms with Crippen LogP contribution in [-0.2, 0) is 0 Å². The van der Waals surface area contributed by atoms with Crippen molar-refractivity contribution in [2.45, 2.75) is 0 Å². The highest BCUT2D eigenvalue weighted by atomic mass is 32.1. The third-order valence-corrected chi connectivity index (χ3v) is 12.9. The van der Waals surface area contributed by atoms with Gasteiger partial charge in [0.05, 0.1) is 15.9 Å². The van der Waals surface area contributed by atoms with Crippen molar-refractivity contribution in [3.8, 4) is 56.8 Å². The lowest BCUT2D eigenvalue weighted by Gasteiger charge is -2.09. The van der Waals surface area contributed by atoms with Gasteiger partial charge in [0.2, 0.25) is 0 Å². The Labute approximate surface area is 333 Å². The Morgan fingerprint density at radius 2 is 0.982 bits per heavy atom. The van der Waals surface area contributed by atoms with E-state index in [0.29, 0.717) is 23.3 Å². The van der Waals surface area contributed by atoms with Gasteiger partial charge in [0, 0.05) is 68.8 Å².